The molecule has 372 valence electrons. The summed E-state index contributed by atoms with van der Waals surface area (Å²) < 4.78 is 81.5. The zero-order valence-corrected chi connectivity index (χ0v) is 37.7. The van der Waals surface area contributed by atoms with E-state index in [0.717, 1.165) is 57.2 Å². The molecule has 0 radical (unpaired) electrons. The summed E-state index contributed by atoms with van der Waals surface area (Å²) in [5.74, 6) is -8.74. The van der Waals surface area contributed by atoms with Gasteiger partial charge in [-0.25, -0.2) is 28.1 Å². The number of ether oxygens (including phenoxy) is 6. The van der Waals surface area contributed by atoms with Gasteiger partial charge in [-0.05, 0) is 36.4 Å². The van der Waals surface area contributed by atoms with E-state index in [1.54, 1.807) is 16.0 Å². The van der Waals surface area contributed by atoms with Crippen molar-refractivity contribution >= 4 is 77.4 Å². The lowest BCUT2D eigenvalue weighted by Crippen LogP contribution is -2.68. The van der Waals surface area contributed by atoms with Gasteiger partial charge in [0.05, 0.1) is 16.7 Å². The second-order valence-corrected chi connectivity index (χ2v) is 17.0. The van der Waals surface area contributed by atoms with E-state index in [9.17, 15) is 86.2 Å². The zero-order valence-electron chi connectivity index (χ0n) is 35.0. The molecule has 0 heterocycles. The Bertz CT molecular complexity index is 2540. The number of hydrogen-bond acceptors (Lipinski definition) is 21. The molecule has 1 saturated carbocycles. The first kappa shape index (κ1) is 54.8. The number of esters is 3. The Morgan fingerprint density at radius 1 is 0.391 bits per heavy atom. The number of para-hydroxylation sites is 3. The van der Waals surface area contributed by atoms with Gasteiger partial charge in [-0.15, -0.1) is 0 Å². The van der Waals surface area contributed by atoms with Crippen LogP contribution in [0.1, 0.15) is 51.8 Å². The van der Waals surface area contributed by atoms with Gasteiger partial charge in [0.2, 0.25) is 0 Å². The Morgan fingerprint density at radius 3 is 0.841 bits per heavy atom. The highest BCUT2D eigenvalue weighted by Crippen LogP contribution is 2.51. The third-order valence-electron chi connectivity index (χ3n) is 8.25. The van der Waals surface area contributed by atoms with E-state index in [4.69, 9.17) is 28.4 Å². The molecule has 4 atom stereocenters. The quantitative estimate of drug-likeness (QED) is 0.0444. The van der Waals surface area contributed by atoms with E-state index in [1.807, 2.05) is 0 Å². The molecule has 0 aliphatic heterocycles. The van der Waals surface area contributed by atoms with Crippen LogP contribution in [0.25, 0.3) is 0 Å². The Labute approximate surface area is 385 Å². The van der Waals surface area contributed by atoms with Gasteiger partial charge in [-0.3, -0.25) is 58.3 Å². The Morgan fingerprint density at radius 2 is 0.609 bits per heavy atom. The van der Waals surface area contributed by atoms with E-state index in [1.165, 1.54) is 36.4 Å². The molecule has 3 aromatic rings. The smallest absolute Gasteiger partial charge is 0.439 e. The first-order chi connectivity index (χ1) is 32.0. The molecule has 0 saturated heterocycles. The van der Waals surface area contributed by atoms with Crippen molar-refractivity contribution in [3.8, 4) is 17.2 Å². The van der Waals surface area contributed by atoms with E-state index in [2.05, 4.69) is 13.6 Å². The van der Waals surface area contributed by atoms with Crippen LogP contribution >= 0.6 is 23.5 Å². The third kappa shape index (κ3) is 16.7. The minimum atomic E-state index is -6.21. The average molecular weight is 1040 g/mol. The molecule has 9 N–H and O–H groups in total. The average Bonchev–Trinajstić information content (AvgIpc) is 3.20. The number of nitrogens with one attached hydrogen (secondary N) is 3. The Kier molecular flexibility index (Phi) is 18.3. The molecule has 30 nitrogen and oxygen atoms in total. The van der Waals surface area contributed by atoms with Crippen LogP contribution in [0.2, 0.25) is 0 Å². The molecule has 1 aliphatic carbocycles. The second-order valence-electron chi connectivity index (χ2n) is 13.4. The Hall–Kier alpha value is -6.78. The molecule has 33 heteroatoms. The van der Waals surface area contributed by atoms with Crippen molar-refractivity contribution in [2.24, 2.45) is 0 Å². The highest BCUT2D eigenvalue weighted by molar-refractivity contribution is 7.47. The van der Waals surface area contributed by atoms with Crippen LogP contribution < -0.4 is 30.2 Å². The van der Waals surface area contributed by atoms with Crippen molar-refractivity contribution in [1.82, 2.24) is 16.0 Å². The number of imide groups is 3. The number of alkyl carbamates (subject to hydrolysis) is 3. The van der Waals surface area contributed by atoms with Gasteiger partial charge in [0.1, 0.15) is 35.6 Å². The van der Waals surface area contributed by atoms with Crippen molar-refractivity contribution in [1.29, 1.82) is 0 Å². The molecule has 0 spiro atoms. The van der Waals surface area contributed by atoms with Crippen LogP contribution in [-0.4, -0.2) is 120 Å². The highest BCUT2D eigenvalue weighted by Gasteiger charge is 2.62. The molecule has 3 aromatic carbocycles. The summed E-state index contributed by atoms with van der Waals surface area (Å²) in [6, 6.07) is 13.7. The number of amides is 6. The summed E-state index contributed by atoms with van der Waals surface area (Å²) in [5, 5.41) is 4.75. The van der Waals surface area contributed by atoms with Crippen LogP contribution in [0.15, 0.2) is 72.8 Å². The number of phosphoric ester groups is 3. The van der Waals surface area contributed by atoms with E-state index >= 15 is 0 Å². The second kappa shape index (κ2) is 23.0. The monoisotopic (exact) mass is 1040 g/mol. The molecule has 1 fully saturated rings. The lowest BCUT2D eigenvalue weighted by Gasteiger charge is -2.47. The summed E-state index contributed by atoms with van der Waals surface area (Å²) in [5.41, 5.74) is -1.73. The molecular formula is C36H36N3O27P3. The standard InChI is InChI=1S/C36H36N3O27P3/c1-16(40)58-22-13-7-4-10-19(22)31(43)37-34(46)61-25-26(62-35(47)38-32(44)20-11-5-8-14-23(20)59-17(2)41)28(64-67(49,50)51)30(66-69(55,56)57)29(65-68(52,53)54)27(25)63-36(48)39-33(45)21-12-6-9-15-24(21)60-18(3)42/h4-15,25-30H,1-3H3,(H,37,43,46)(H,38,44,47)(H,39,45,48)(H2,49,50,51)(H2,52,53,54)(H2,55,56,57). The molecule has 4 unspecified atom stereocenters. The normalized spacial score (nSPS) is 19.1. The third-order valence-corrected chi connectivity index (χ3v) is 9.81. The molecule has 6 amide bonds. The van der Waals surface area contributed by atoms with Crippen molar-refractivity contribution in [2.45, 2.75) is 57.4 Å². The fourth-order valence-corrected chi connectivity index (χ4v) is 7.66. The predicted octanol–water partition coefficient (Wildman–Crippen LogP) is 1.02. The summed E-state index contributed by atoms with van der Waals surface area (Å²) in [6.07, 6.45) is -24.9. The van der Waals surface area contributed by atoms with Crippen LogP contribution in [0.4, 0.5) is 14.4 Å². The van der Waals surface area contributed by atoms with Gasteiger partial charge in [0.25, 0.3) is 17.7 Å². The van der Waals surface area contributed by atoms with Gasteiger partial charge >= 0.3 is 59.7 Å². The highest BCUT2D eigenvalue weighted by atomic mass is 31.2. The van der Waals surface area contributed by atoms with Gasteiger partial charge < -0.3 is 57.8 Å². The predicted molar refractivity (Wildman–Crippen MR) is 217 cm³/mol. The molecule has 0 aromatic heterocycles. The van der Waals surface area contributed by atoms with Gasteiger partial charge in [-0.1, -0.05) is 36.4 Å². The minimum Gasteiger partial charge on any atom is -0.439 e. The van der Waals surface area contributed by atoms with E-state index < -0.39 is 148 Å². The fourth-order valence-electron chi connectivity index (χ4n) is 5.99. The number of hydrogen-bond donors (Lipinski definition) is 9. The van der Waals surface area contributed by atoms with Crippen molar-refractivity contribution in [3.63, 3.8) is 0 Å². The Balaban J connectivity index is 1.92. The summed E-state index contributed by atoms with van der Waals surface area (Å²) >= 11 is 0. The number of rotatable bonds is 15. The fraction of sp³-hybridized carbons (Fsp3) is 0.250. The van der Waals surface area contributed by atoms with Crippen molar-refractivity contribution < 1.29 is 128 Å². The maximum absolute atomic E-state index is 13.7. The van der Waals surface area contributed by atoms with Crippen LogP contribution in [-0.2, 0) is 55.9 Å². The number of phosphoric acid groups is 3. The van der Waals surface area contributed by atoms with Crippen LogP contribution in [0, 0.1) is 0 Å². The number of benzene rings is 3. The number of carbonyl (C=O) groups is 9. The lowest BCUT2D eigenvalue weighted by atomic mass is 9.84. The van der Waals surface area contributed by atoms with E-state index in [0.29, 0.717) is 0 Å². The maximum Gasteiger partial charge on any atom is 0.470 e. The molecule has 69 heavy (non-hydrogen) atoms. The van der Waals surface area contributed by atoms with Gasteiger partial charge in [0.15, 0.2) is 18.3 Å². The molecule has 1 aliphatic rings. The molecule has 4 rings (SSSR count). The maximum atomic E-state index is 13.7. The van der Waals surface area contributed by atoms with E-state index in [-0.39, 0.29) is 0 Å². The van der Waals surface area contributed by atoms with Gasteiger partial charge in [0, 0.05) is 20.8 Å². The lowest BCUT2D eigenvalue weighted by molar-refractivity contribution is -0.211. The first-order valence-corrected chi connectivity index (χ1v) is 23.2. The first-order valence-electron chi connectivity index (χ1n) is 18.6. The van der Waals surface area contributed by atoms with Gasteiger partial charge in [-0.2, -0.15) is 0 Å². The minimum absolute atomic E-state index is 0.466. The zero-order chi connectivity index (χ0) is 51.6. The number of carbonyl (C=O) groups excluding carboxylic acids is 9. The van der Waals surface area contributed by atoms with Crippen LogP contribution in [0.3, 0.4) is 0 Å². The van der Waals surface area contributed by atoms with Crippen molar-refractivity contribution in [3.05, 3.63) is 89.5 Å². The molecular weight excluding hydrogens is 999 g/mol. The van der Waals surface area contributed by atoms with Crippen LogP contribution in [0.5, 0.6) is 17.2 Å². The largest absolute Gasteiger partial charge is 0.470 e. The topological polar surface area (TPSA) is 445 Å². The summed E-state index contributed by atoms with van der Waals surface area (Å²) in [7, 11) is -18.6. The summed E-state index contributed by atoms with van der Waals surface area (Å²) in [6.45, 7) is 2.81. The summed E-state index contributed by atoms with van der Waals surface area (Å²) in [4.78, 5) is 176. The molecule has 0 bridgehead atoms. The van der Waals surface area contributed by atoms with Crippen molar-refractivity contribution in [2.75, 3.05) is 0 Å². The SMILES string of the molecule is CC(=O)Oc1ccccc1C(=O)NC(=O)OC1C(OC(=O)NC(=O)c2ccccc2OC(C)=O)C(OP(=O)(O)O)C(OP(=O)(O)O)C(OP(=O)(O)O)C1OC(=O)NC(=O)c1ccccc1OC(C)=O.